The molecular weight excluding hydrogens is 130 g/mol. The summed E-state index contributed by atoms with van der Waals surface area (Å²) in [7, 11) is 0. The van der Waals surface area contributed by atoms with E-state index in [1.54, 1.807) is 0 Å². The van der Waals surface area contributed by atoms with Gasteiger partial charge in [-0.15, -0.1) is 11.8 Å². The monoisotopic (exact) mass is 138 g/mol. The zero-order valence-electron chi connectivity index (χ0n) is 5.08. The molecule has 2 aliphatic heterocycles. The Labute approximate surface area is 59.2 Å². The largest absolute Gasteiger partial charge is 0.230 e. The van der Waals surface area contributed by atoms with Crippen molar-refractivity contribution in [3.05, 3.63) is 23.1 Å². The molecule has 0 amide bonds. The fourth-order valence-corrected chi connectivity index (χ4v) is 1.77. The first-order valence-corrected chi connectivity index (χ1v) is 4.11. The third kappa shape index (κ3) is 1.19. The maximum atomic E-state index is 4.20. The van der Waals surface area contributed by atoms with Crippen LogP contribution in [0.5, 0.6) is 0 Å². The van der Waals surface area contributed by atoms with Crippen molar-refractivity contribution in [2.75, 3.05) is 12.3 Å². The van der Waals surface area contributed by atoms with E-state index >= 15 is 0 Å². The zero-order chi connectivity index (χ0) is 6.10. The third-order valence-electron chi connectivity index (χ3n) is 1.44. The van der Waals surface area contributed by atoms with E-state index in [1.165, 1.54) is 4.91 Å². The van der Waals surface area contributed by atoms with Gasteiger partial charge in [0.1, 0.15) is 0 Å². The molecule has 0 aliphatic carbocycles. The third-order valence-corrected chi connectivity index (χ3v) is 2.54. The van der Waals surface area contributed by atoms with Crippen molar-refractivity contribution in [1.29, 1.82) is 0 Å². The van der Waals surface area contributed by atoms with E-state index in [0.717, 1.165) is 12.3 Å². The van der Waals surface area contributed by atoms with Gasteiger partial charge in [0.15, 0.2) is 0 Å². The fraction of sp³-hybridized carbons (Fsp3) is 0.429. The fourth-order valence-electron chi connectivity index (χ4n) is 0.851. The molecule has 2 heterocycles. The van der Waals surface area contributed by atoms with Crippen LogP contribution >= 0.6 is 11.8 Å². The number of hydrogen-bond donors (Lipinski definition) is 0. The van der Waals surface area contributed by atoms with Crippen molar-refractivity contribution in [2.24, 2.45) is 0 Å². The molecule has 0 aromatic heterocycles. The quantitative estimate of drug-likeness (QED) is 0.496. The van der Waals surface area contributed by atoms with E-state index in [1.807, 2.05) is 11.8 Å². The highest BCUT2D eigenvalue weighted by Gasteiger charge is 2.27. The Balaban J connectivity index is 2.07. The van der Waals surface area contributed by atoms with Crippen LogP contribution in [0.1, 0.15) is 0 Å². The van der Waals surface area contributed by atoms with Crippen LogP contribution in [0.3, 0.4) is 0 Å². The van der Waals surface area contributed by atoms with Crippen LogP contribution < -0.4 is 5.32 Å². The van der Waals surface area contributed by atoms with Crippen LogP contribution in [0, 0.1) is 0 Å². The van der Waals surface area contributed by atoms with Crippen molar-refractivity contribution in [3.8, 4) is 0 Å². The topological polar surface area (TPSA) is 14.1 Å². The van der Waals surface area contributed by atoms with Gasteiger partial charge in [-0.2, -0.15) is 0 Å². The minimum Gasteiger partial charge on any atom is -0.230 e. The normalized spacial score (nSPS) is 32.0. The summed E-state index contributed by atoms with van der Waals surface area (Å²) in [5, 5.41) is 4.20. The molecule has 0 N–H and O–H groups in total. The van der Waals surface area contributed by atoms with E-state index < -0.39 is 0 Å². The predicted molar refractivity (Wildman–Crippen MR) is 40.5 cm³/mol. The summed E-state index contributed by atoms with van der Waals surface area (Å²) in [6.45, 7) is 1.06. The highest BCUT2D eigenvalue weighted by atomic mass is 32.2. The Morgan fingerprint density at radius 3 is 3.11 bits per heavy atom. The number of rotatable bonds is 1. The van der Waals surface area contributed by atoms with Gasteiger partial charge in [0.05, 0.1) is 6.04 Å². The van der Waals surface area contributed by atoms with Gasteiger partial charge < -0.3 is 0 Å². The minimum absolute atomic E-state index is 0.583. The Bertz CT molecular complexity index is 168. The molecule has 1 saturated heterocycles. The van der Waals surface area contributed by atoms with E-state index in [2.05, 4.69) is 23.5 Å². The Morgan fingerprint density at radius 2 is 2.56 bits per heavy atom. The molecule has 47 valence electrons. The minimum atomic E-state index is 0.583. The van der Waals surface area contributed by atoms with Gasteiger partial charge in [-0.3, -0.25) is 0 Å². The van der Waals surface area contributed by atoms with E-state index in [-0.39, 0.29) is 0 Å². The van der Waals surface area contributed by atoms with Crippen LogP contribution in [0.4, 0.5) is 0 Å². The van der Waals surface area contributed by atoms with Crippen molar-refractivity contribution in [2.45, 2.75) is 6.04 Å². The summed E-state index contributed by atoms with van der Waals surface area (Å²) in [4.78, 5) is 1.46. The molecule has 1 unspecified atom stereocenters. The summed E-state index contributed by atoms with van der Waals surface area (Å²) in [6, 6.07) is 0.583. The summed E-state index contributed by atoms with van der Waals surface area (Å²) >= 11 is 1.91. The molecule has 0 aromatic rings. The number of allylic oxidation sites excluding steroid dienone is 2. The first kappa shape index (κ1) is 5.57. The first-order valence-electron chi connectivity index (χ1n) is 3.13. The molecule has 1 fully saturated rings. The highest BCUT2D eigenvalue weighted by molar-refractivity contribution is 8.03. The molecule has 1 nitrogen and oxygen atoms in total. The van der Waals surface area contributed by atoms with E-state index in [0.29, 0.717) is 6.04 Å². The van der Waals surface area contributed by atoms with Gasteiger partial charge in [0.25, 0.3) is 0 Å². The summed E-state index contributed by atoms with van der Waals surface area (Å²) < 4.78 is 0. The maximum absolute atomic E-state index is 4.20. The second-order valence-electron chi connectivity index (χ2n) is 2.19. The van der Waals surface area contributed by atoms with Gasteiger partial charge in [-0.25, -0.2) is 5.32 Å². The predicted octanol–water partition coefficient (Wildman–Crippen LogP) is 1.16. The maximum Gasteiger partial charge on any atom is 0.0696 e. The smallest absolute Gasteiger partial charge is 0.0696 e. The SMILES string of the molecule is C1=CCSC(C2C[N]2)=C1. The second kappa shape index (κ2) is 2.20. The average Bonchev–Trinajstić information content (AvgIpc) is 2.71. The lowest BCUT2D eigenvalue weighted by Gasteiger charge is -2.03. The highest BCUT2D eigenvalue weighted by Crippen LogP contribution is 2.28. The lowest BCUT2D eigenvalue weighted by atomic mass is 10.3. The van der Waals surface area contributed by atoms with Crippen LogP contribution in [-0.4, -0.2) is 18.3 Å². The molecular formula is C7H8NS. The number of thioether (sulfide) groups is 1. The lowest BCUT2D eigenvalue weighted by Crippen LogP contribution is -1.92. The van der Waals surface area contributed by atoms with Crippen molar-refractivity contribution < 1.29 is 0 Å². The summed E-state index contributed by atoms with van der Waals surface area (Å²) in [6.07, 6.45) is 6.48. The Kier molecular flexibility index (Phi) is 1.36. The lowest BCUT2D eigenvalue weighted by molar-refractivity contribution is 1.17. The standard InChI is InChI=1S/C7H8NS/c1-2-4-9-7(3-1)6-5-8-6/h1-3,6H,4-5H2. The molecule has 0 aromatic carbocycles. The van der Waals surface area contributed by atoms with Gasteiger partial charge >= 0.3 is 0 Å². The van der Waals surface area contributed by atoms with Crippen molar-refractivity contribution in [3.63, 3.8) is 0 Å². The first-order chi connectivity index (χ1) is 4.47. The van der Waals surface area contributed by atoms with Crippen LogP contribution in [0.15, 0.2) is 23.1 Å². The zero-order valence-corrected chi connectivity index (χ0v) is 5.90. The number of nitrogens with zero attached hydrogens (tertiary/aromatic N) is 1. The van der Waals surface area contributed by atoms with E-state index in [4.69, 9.17) is 0 Å². The van der Waals surface area contributed by atoms with Crippen LogP contribution in [0.2, 0.25) is 0 Å². The average molecular weight is 138 g/mol. The van der Waals surface area contributed by atoms with Crippen molar-refractivity contribution >= 4 is 11.8 Å². The molecule has 2 rings (SSSR count). The molecule has 2 heteroatoms. The molecule has 2 aliphatic rings. The summed E-state index contributed by atoms with van der Waals surface area (Å²) in [5.41, 5.74) is 0. The van der Waals surface area contributed by atoms with Gasteiger partial charge in [0.2, 0.25) is 0 Å². The number of hydrogen-bond acceptors (Lipinski definition) is 1. The molecule has 1 radical (unpaired) electrons. The van der Waals surface area contributed by atoms with Crippen LogP contribution in [-0.2, 0) is 0 Å². The van der Waals surface area contributed by atoms with Gasteiger partial charge in [-0.1, -0.05) is 18.2 Å². The second-order valence-corrected chi connectivity index (χ2v) is 3.28. The molecule has 1 atom stereocenters. The molecule has 0 saturated carbocycles. The van der Waals surface area contributed by atoms with E-state index in [9.17, 15) is 0 Å². The van der Waals surface area contributed by atoms with Crippen molar-refractivity contribution in [1.82, 2.24) is 5.32 Å². The Hall–Kier alpha value is -0.210. The van der Waals surface area contributed by atoms with Gasteiger partial charge in [-0.05, 0) is 0 Å². The molecule has 0 spiro atoms. The molecule has 9 heavy (non-hydrogen) atoms. The van der Waals surface area contributed by atoms with Gasteiger partial charge in [0, 0.05) is 17.2 Å². The summed E-state index contributed by atoms with van der Waals surface area (Å²) in [5.74, 6) is 1.14. The van der Waals surface area contributed by atoms with Crippen LogP contribution in [0.25, 0.3) is 0 Å². The Morgan fingerprint density at radius 1 is 1.67 bits per heavy atom. The molecule has 0 bridgehead atoms.